The molecular formula is C19H28O3. The average molecular weight is 304 g/mol. The Hall–Kier alpha value is -0.860. The van der Waals surface area contributed by atoms with E-state index >= 15 is 0 Å². The van der Waals surface area contributed by atoms with Gasteiger partial charge < -0.3 is 4.74 Å². The third-order valence-electron chi connectivity index (χ3n) is 7.82. The second kappa shape index (κ2) is 4.82. The van der Waals surface area contributed by atoms with E-state index < -0.39 is 0 Å². The van der Waals surface area contributed by atoms with Gasteiger partial charge in [0.1, 0.15) is 11.4 Å². The number of esters is 1. The first kappa shape index (κ1) is 14.7. The van der Waals surface area contributed by atoms with Gasteiger partial charge in [-0.25, -0.2) is 0 Å². The maximum atomic E-state index is 11.9. The Balaban J connectivity index is 1.62. The molecule has 4 rings (SSSR count). The summed E-state index contributed by atoms with van der Waals surface area (Å²) < 4.78 is 5.82. The molecular weight excluding hydrogens is 276 g/mol. The average Bonchev–Trinajstić information content (AvgIpc) is 2.46. The molecule has 0 aromatic carbocycles. The van der Waals surface area contributed by atoms with E-state index in [2.05, 4.69) is 13.8 Å². The Kier molecular flexibility index (Phi) is 3.22. The summed E-state index contributed by atoms with van der Waals surface area (Å²) in [6.45, 7) is 4.63. The Morgan fingerprint density at radius 2 is 1.77 bits per heavy atom. The standard InChI is InChI=1S/C19H28O3/c1-18-9-7-13(20)11-12(18)3-4-14-15(18)8-10-19(2)16(14)5-6-17(21)22-19/h12,14-16H,3-11H2,1-2H3/t12-,14+,15-,16-,18-,19-/m0/s1. The smallest absolute Gasteiger partial charge is 0.306 e. The Labute approximate surface area is 133 Å². The largest absolute Gasteiger partial charge is 0.459 e. The minimum Gasteiger partial charge on any atom is -0.459 e. The van der Waals surface area contributed by atoms with Gasteiger partial charge >= 0.3 is 5.97 Å². The summed E-state index contributed by atoms with van der Waals surface area (Å²) >= 11 is 0. The van der Waals surface area contributed by atoms with Crippen molar-refractivity contribution in [3.05, 3.63) is 0 Å². The van der Waals surface area contributed by atoms with Gasteiger partial charge in [-0.2, -0.15) is 0 Å². The van der Waals surface area contributed by atoms with Crippen molar-refractivity contribution in [2.45, 2.75) is 77.2 Å². The molecule has 0 aromatic heterocycles. The van der Waals surface area contributed by atoms with Crippen molar-refractivity contribution in [1.29, 1.82) is 0 Å². The van der Waals surface area contributed by atoms with Gasteiger partial charge in [0.15, 0.2) is 0 Å². The number of carbonyl (C=O) groups excluding carboxylic acids is 2. The quantitative estimate of drug-likeness (QED) is 0.638. The van der Waals surface area contributed by atoms with Crippen LogP contribution in [0, 0.1) is 29.1 Å². The number of rotatable bonds is 0. The van der Waals surface area contributed by atoms with E-state index in [-0.39, 0.29) is 11.6 Å². The van der Waals surface area contributed by atoms with Crippen molar-refractivity contribution in [1.82, 2.24) is 0 Å². The number of Topliss-reactive ketones (excluding diaryl/α,β-unsaturated/α-hetero) is 1. The molecule has 4 fully saturated rings. The lowest BCUT2D eigenvalue weighted by Crippen LogP contribution is -2.58. The first-order valence-corrected chi connectivity index (χ1v) is 9.16. The molecule has 0 unspecified atom stereocenters. The van der Waals surface area contributed by atoms with E-state index in [1.807, 2.05) is 0 Å². The molecule has 1 heterocycles. The van der Waals surface area contributed by atoms with Crippen LogP contribution >= 0.6 is 0 Å². The Morgan fingerprint density at radius 1 is 0.955 bits per heavy atom. The topological polar surface area (TPSA) is 43.4 Å². The van der Waals surface area contributed by atoms with Crippen LogP contribution in [0.4, 0.5) is 0 Å². The molecule has 0 radical (unpaired) electrons. The van der Waals surface area contributed by atoms with Crippen LogP contribution in [0.2, 0.25) is 0 Å². The zero-order valence-corrected chi connectivity index (χ0v) is 13.9. The number of fused-ring (bicyclic) bond motifs is 5. The molecule has 3 aliphatic carbocycles. The van der Waals surface area contributed by atoms with Gasteiger partial charge in [0, 0.05) is 25.2 Å². The maximum absolute atomic E-state index is 11.9. The molecule has 0 spiro atoms. The maximum Gasteiger partial charge on any atom is 0.306 e. The molecule has 3 heteroatoms. The molecule has 4 aliphatic rings. The van der Waals surface area contributed by atoms with Crippen molar-refractivity contribution < 1.29 is 14.3 Å². The van der Waals surface area contributed by atoms with E-state index in [0.717, 1.165) is 38.0 Å². The highest BCUT2D eigenvalue weighted by Gasteiger charge is 2.58. The van der Waals surface area contributed by atoms with E-state index in [4.69, 9.17) is 4.74 Å². The van der Waals surface area contributed by atoms with Crippen molar-refractivity contribution in [3.8, 4) is 0 Å². The lowest BCUT2D eigenvalue weighted by atomic mass is 9.46. The lowest BCUT2D eigenvalue weighted by Gasteiger charge is -2.61. The summed E-state index contributed by atoms with van der Waals surface area (Å²) in [6.07, 6.45) is 8.91. The molecule has 3 nitrogen and oxygen atoms in total. The van der Waals surface area contributed by atoms with Gasteiger partial charge in [0.05, 0.1) is 0 Å². The fourth-order valence-corrected chi connectivity index (χ4v) is 6.56. The molecule has 1 saturated heterocycles. The summed E-state index contributed by atoms with van der Waals surface area (Å²) in [5, 5.41) is 0. The Bertz CT molecular complexity index is 513. The lowest BCUT2D eigenvalue weighted by molar-refractivity contribution is -0.202. The van der Waals surface area contributed by atoms with Crippen molar-refractivity contribution >= 4 is 11.8 Å². The van der Waals surface area contributed by atoms with Gasteiger partial charge in [0.25, 0.3) is 0 Å². The first-order chi connectivity index (χ1) is 10.4. The number of hydrogen-bond donors (Lipinski definition) is 0. The van der Waals surface area contributed by atoms with Crippen LogP contribution in [-0.4, -0.2) is 17.4 Å². The van der Waals surface area contributed by atoms with Crippen molar-refractivity contribution in [2.75, 3.05) is 0 Å². The molecule has 22 heavy (non-hydrogen) atoms. The van der Waals surface area contributed by atoms with Gasteiger partial charge in [-0.1, -0.05) is 6.92 Å². The van der Waals surface area contributed by atoms with Crippen molar-refractivity contribution in [3.63, 3.8) is 0 Å². The second-order valence-corrected chi connectivity index (χ2v) is 8.76. The number of ketones is 1. The molecule has 1 aliphatic heterocycles. The monoisotopic (exact) mass is 304 g/mol. The fraction of sp³-hybridized carbons (Fsp3) is 0.895. The molecule has 0 amide bonds. The van der Waals surface area contributed by atoms with Crippen LogP contribution in [0.5, 0.6) is 0 Å². The number of hydrogen-bond acceptors (Lipinski definition) is 3. The summed E-state index contributed by atoms with van der Waals surface area (Å²) in [6, 6.07) is 0. The minimum atomic E-state index is -0.218. The van der Waals surface area contributed by atoms with Gasteiger partial charge in [-0.3, -0.25) is 9.59 Å². The zero-order valence-electron chi connectivity index (χ0n) is 13.9. The Morgan fingerprint density at radius 3 is 2.59 bits per heavy atom. The van der Waals surface area contributed by atoms with Crippen LogP contribution in [0.15, 0.2) is 0 Å². The predicted octanol–water partition coefficient (Wildman–Crippen LogP) is 3.89. The number of ether oxygens (including phenoxy) is 1. The van der Waals surface area contributed by atoms with E-state index in [1.54, 1.807) is 0 Å². The molecule has 122 valence electrons. The van der Waals surface area contributed by atoms with E-state index in [0.29, 0.717) is 35.4 Å². The summed E-state index contributed by atoms with van der Waals surface area (Å²) in [5.41, 5.74) is 0.129. The van der Waals surface area contributed by atoms with Gasteiger partial charge in [-0.15, -0.1) is 0 Å². The molecule has 3 saturated carbocycles. The third kappa shape index (κ3) is 2.00. The highest BCUT2D eigenvalue weighted by Crippen LogP contribution is 2.62. The molecule has 6 atom stereocenters. The number of carbonyl (C=O) groups is 2. The van der Waals surface area contributed by atoms with Crippen LogP contribution in [-0.2, 0) is 14.3 Å². The SMILES string of the molecule is C[C@]12CCC(=O)C[C@@H]1CC[C@@H]1[C@@H]2CC[C@]2(C)OC(=O)CC[C@@H]12. The molecule has 0 aromatic rings. The van der Waals surface area contributed by atoms with E-state index in [9.17, 15) is 9.59 Å². The summed E-state index contributed by atoms with van der Waals surface area (Å²) in [7, 11) is 0. The van der Waals surface area contributed by atoms with Crippen LogP contribution < -0.4 is 0 Å². The van der Waals surface area contributed by atoms with Crippen LogP contribution in [0.25, 0.3) is 0 Å². The second-order valence-electron chi connectivity index (χ2n) is 8.76. The highest BCUT2D eigenvalue weighted by molar-refractivity contribution is 5.79. The summed E-state index contributed by atoms with van der Waals surface area (Å²) in [5.74, 6) is 3.05. The fourth-order valence-electron chi connectivity index (χ4n) is 6.56. The first-order valence-electron chi connectivity index (χ1n) is 9.16. The van der Waals surface area contributed by atoms with E-state index in [1.165, 1.54) is 19.3 Å². The third-order valence-corrected chi connectivity index (χ3v) is 7.82. The highest BCUT2D eigenvalue weighted by atomic mass is 16.6. The normalized spacial score (nSPS) is 51.4. The van der Waals surface area contributed by atoms with Gasteiger partial charge in [0.2, 0.25) is 0 Å². The van der Waals surface area contributed by atoms with Crippen LogP contribution in [0.1, 0.15) is 71.6 Å². The zero-order chi connectivity index (χ0) is 15.5. The van der Waals surface area contributed by atoms with Crippen molar-refractivity contribution in [2.24, 2.45) is 29.1 Å². The predicted molar refractivity (Wildman–Crippen MR) is 83.1 cm³/mol. The summed E-state index contributed by atoms with van der Waals surface area (Å²) in [4.78, 5) is 23.6. The van der Waals surface area contributed by atoms with Gasteiger partial charge in [-0.05, 0) is 68.6 Å². The van der Waals surface area contributed by atoms with Crippen LogP contribution in [0.3, 0.4) is 0 Å². The molecule has 0 N–H and O–H groups in total. The molecule has 0 bridgehead atoms. The minimum absolute atomic E-state index is 0.000334.